The number of rotatable bonds is 1. The molecule has 0 radical (unpaired) electrons. The number of aromatic nitrogens is 4. The third-order valence-corrected chi connectivity index (χ3v) is 12.0. The summed E-state index contributed by atoms with van der Waals surface area (Å²) in [5.41, 5.74) is 9.93. The number of hydrogen-bond donors (Lipinski definition) is 2. The summed E-state index contributed by atoms with van der Waals surface area (Å²) in [5.74, 6) is 0. The lowest BCUT2D eigenvalue weighted by atomic mass is 9.92. The van der Waals surface area contributed by atoms with Crippen LogP contribution in [0.4, 0.5) is 0 Å². The van der Waals surface area contributed by atoms with Gasteiger partial charge in [-0.3, -0.25) is 0 Å². The van der Waals surface area contributed by atoms with E-state index in [-0.39, 0.29) is 0 Å². The molecule has 0 saturated carbocycles. The fraction of sp³-hybridized carbons (Fsp3) is 0. The molecule has 11 aromatic rings. The van der Waals surface area contributed by atoms with Crippen LogP contribution in [-0.4, -0.2) is 19.9 Å². The van der Waals surface area contributed by atoms with Crippen molar-refractivity contribution in [3.63, 3.8) is 0 Å². The summed E-state index contributed by atoms with van der Waals surface area (Å²) in [6.45, 7) is 0. The molecular formula is C54H32N4. The van der Waals surface area contributed by atoms with Gasteiger partial charge in [-0.1, -0.05) is 54.6 Å². The average Bonchev–Trinajstić information content (AvgIpc) is 4.06. The SMILES string of the molecule is C1=Cc2cc3cc(-c4cccc5cc6cc7ccc8cc9cc%10cc%11ccccc%11cc%10cc9cc8c7cc6cc45)c(cc4nc(cc5ccc(cc1n2)[nH]5)C=C4)[nH]3. The van der Waals surface area contributed by atoms with Crippen molar-refractivity contribution in [2.24, 2.45) is 0 Å². The van der Waals surface area contributed by atoms with Crippen LogP contribution in [0, 0.1) is 0 Å². The Morgan fingerprint density at radius 3 is 1.33 bits per heavy atom. The molecule has 0 aliphatic carbocycles. The van der Waals surface area contributed by atoms with E-state index in [1.165, 1.54) is 81.0 Å². The third kappa shape index (κ3) is 5.09. The maximum atomic E-state index is 4.97. The second-order valence-corrected chi connectivity index (χ2v) is 15.8. The molecule has 4 heteroatoms. The number of fused-ring (bicyclic) bond motifs is 16. The van der Waals surface area contributed by atoms with E-state index < -0.39 is 0 Å². The van der Waals surface area contributed by atoms with Crippen molar-refractivity contribution in [3.05, 3.63) is 181 Å². The van der Waals surface area contributed by atoms with Crippen molar-refractivity contribution in [1.29, 1.82) is 0 Å². The Bertz CT molecular complexity index is 3860. The molecule has 2 aliphatic heterocycles. The molecule has 8 bridgehead atoms. The highest BCUT2D eigenvalue weighted by molar-refractivity contribution is 6.18. The molecule has 8 aromatic carbocycles. The average molecular weight is 737 g/mol. The van der Waals surface area contributed by atoms with Crippen molar-refractivity contribution >= 4 is 122 Å². The monoisotopic (exact) mass is 736 g/mol. The van der Waals surface area contributed by atoms with E-state index in [1.54, 1.807) is 0 Å². The molecular weight excluding hydrogens is 705 g/mol. The molecule has 0 spiro atoms. The summed E-state index contributed by atoms with van der Waals surface area (Å²) < 4.78 is 0. The van der Waals surface area contributed by atoms with Gasteiger partial charge in [-0.25, -0.2) is 9.97 Å². The fourth-order valence-corrected chi connectivity index (χ4v) is 9.25. The third-order valence-electron chi connectivity index (χ3n) is 12.0. The topological polar surface area (TPSA) is 57.4 Å². The smallest absolute Gasteiger partial charge is 0.0658 e. The minimum Gasteiger partial charge on any atom is -0.355 e. The predicted octanol–water partition coefficient (Wildman–Crippen LogP) is 14.4. The van der Waals surface area contributed by atoms with Crippen LogP contribution in [0.1, 0.15) is 22.8 Å². The molecule has 2 N–H and O–H groups in total. The quantitative estimate of drug-likeness (QED) is 0.130. The molecule has 58 heavy (non-hydrogen) atoms. The van der Waals surface area contributed by atoms with Gasteiger partial charge in [0.1, 0.15) is 0 Å². The van der Waals surface area contributed by atoms with Crippen LogP contribution in [0.2, 0.25) is 0 Å². The predicted molar refractivity (Wildman–Crippen MR) is 247 cm³/mol. The van der Waals surface area contributed by atoms with Crippen molar-refractivity contribution in [2.45, 2.75) is 0 Å². The Morgan fingerprint density at radius 2 is 0.724 bits per heavy atom. The lowest BCUT2D eigenvalue weighted by Crippen LogP contribution is -1.85. The Labute approximate surface area is 332 Å². The zero-order valence-corrected chi connectivity index (χ0v) is 31.2. The molecule has 2 aliphatic rings. The summed E-state index contributed by atoms with van der Waals surface area (Å²) >= 11 is 0. The van der Waals surface area contributed by atoms with Crippen LogP contribution >= 0.6 is 0 Å². The number of aromatic amines is 2. The van der Waals surface area contributed by atoms with E-state index in [4.69, 9.17) is 9.97 Å². The maximum absolute atomic E-state index is 4.97. The molecule has 13 rings (SSSR count). The highest BCUT2D eigenvalue weighted by atomic mass is 14.8. The van der Waals surface area contributed by atoms with Gasteiger partial charge >= 0.3 is 0 Å². The van der Waals surface area contributed by atoms with Crippen molar-refractivity contribution < 1.29 is 0 Å². The fourth-order valence-electron chi connectivity index (χ4n) is 9.25. The Hall–Kier alpha value is -7.82. The van der Waals surface area contributed by atoms with E-state index in [2.05, 4.69) is 192 Å². The first-order valence-electron chi connectivity index (χ1n) is 19.8. The molecule has 5 heterocycles. The van der Waals surface area contributed by atoms with Gasteiger partial charge in [0.25, 0.3) is 0 Å². The van der Waals surface area contributed by atoms with E-state index in [0.29, 0.717) is 0 Å². The first kappa shape index (κ1) is 31.4. The second kappa shape index (κ2) is 11.8. The van der Waals surface area contributed by atoms with E-state index >= 15 is 0 Å². The molecule has 4 nitrogen and oxygen atoms in total. The van der Waals surface area contributed by atoms with E-state index in [0.717, 1.165) is 50.4 Å². The van der Waals surface area contributed by atoms with Gasteiger partial charge < -0.3 is 9.97 Å². The lowest BCUT2D eigenvalue weighted by molar-refractivity contribution is 1.31. The van der Waals surface area contributed by atoms with Crippen LogP contribution in [0.15, 0.2) is 158 Å². The minimum absolute atomic E-state index is 0.901. The van der Waals surface area contributed by atoms with Gasteiger partial charge in [-0.15, -0.1) is 0 Å². The maximum Gasteiger partial charge on any atom is 0.0658 e. The van der Waals surface area contributed by atoms with E-state index in [1.807, 2.05) is 0 Å². The highest BCUT2D eigenvalue weighted by Crippen LogP contribution is 2.39. The Kier molecular flexibility index (Phi) is 6.41. The largest absolute Gasteiger partial charge is 0.355 e. The standard InChI is InChI=1S/C54H32N4/c1-2-5-32-17-37-22-40-23-51-35(20-39(40)21-36(37)16-31(32)4-1)9-8-34-19-38-18-33-6-3-7-49(50(33)24-41(38)25-52(34)51)53-29-48-28-46-13-12-44(56-46)26-42-10-11-43(55-42)27-45-14-15-47(57-45)30-54(53)58-48/h1-30,55,58H. The molecule has 0 amide bonds. The van der Waals surface area contributed by atoms with Crippen molar-refractivity contribution in [2.75, 3.05) is 0 Å². The van der Waals surface area contributed by atoms with Crippen LogP contribution in [-0.2, 0) is 0 Å². The first-order valence-corrected chi connectivity index (χ1v) is 19.8. The highest BCUT2D eigenvalue weighted by Gasteiger charge is 2.13. The number of H-pyrrole nitrogens is 2. The summed E-state index contributed by atoms with van der Waals surface area (Å²) in [6.07, 6.45) is 8.28. The van der Waals surface area contributed by atoms with Gasteiger partial charge in [0.2, 0.25) is 0 Å². The van der Waals surface area contributed by atoms with Gasteiger partial charge in [0.15, 0.2) is 0 Å². The second-order valence-electron chi connectivity index (χ2n) is 15.8. The molecule has 0 atom stereocenters. The van der Waals surface area contributed by atoms with Crippen LogP contribution in [0.3, 0.4) is 0 Å². The normalized spacial score (nSPS) is 12.7. The van der Waals surface area contributed by atoms with E-state index in [9.17, 15) is 0 Å². The molecule has 268 valence electrons. The van der Waals surface area contributed by atoms with Crippen LogP contribution in [0.5, 0.6) is 0 Å². The molecule has 0 unspecified atom stereocenters. The molecule has 0 fully saturated rings. The number of nitrogens with one attached hydrogen (secondary N) is 2. The molecule has 3 aromatic heterocycles. The Morgan fingerprint density at radius 1 is 0.276 bits per heavy atom. The summed E-state index contributed by atoms with van der Waals surface area (Å²) in [5, 5.41) is 17.5. The van der Waals surface area contributed by atoms with Gasteiger partial charge in [0.05, 0.1) is 22.8 Å². The minimum atomic E-state index is 0.901. The molecule has 0 saturated heterocycles. The first-order chi connectivity index (χ1) is 28.6. The van der Waals surface area contributed by atoms with Crippen LogP contribution < -0.4 is 0 Å². The summed E-state index contributed by atoms with van der Waals surface area (Å²) in [4.78, 5) is 17.1. The number of nitrogens with zero attached hydrogens (tertiary/aromatic N) is 2. The van der Waals surface area contributed by atoms with Crippen molar-refractivity contribution in [1.82, 2.24) is 19.9 Å². The van der Waals surface area contributed by atoms with Crippen molar-refractivity contribution in [3.8, 4) is 11.1 Å². The zero-order chi connectivity index (χ0) is 37.9. The van der Waals surface area contributed by atoms with Gasteiger partial charge in [0, 0.05) is 27.6 Å². The zero-order valence-electron chi connectivity index (χ0n) is 31.2. The number of hydrogen-bond acceptors (Lipinski definition) is 2. The summed E-state index contributed by atoms with van der Waals surface area (Å²) in [6, 6.07) is 58.2. The Balaban J connectivity index is 1.02. The van der Waals surface area contributed by atoms with Crippen LogP contribution in [0.25, 0.3) is 133 Å². The van der Waals surface area contributed by atoms with Gasteiger partial charge in [-0.2, -0.15) is 0 Å². The summed E-state index contributed by atoms with van der Waals surface area (Å²) in [7, 11) is 0. The lowest BCUT2D eigenvalue weighted by Gasteiger charge is -2.12. The number of benzene rings is 8. The van der Waals surface area contributed by atoms with Gasteiger partial charge in [-0.05, 0) is 208 Å².